The van der Waals surface area contributed by atoms with Crippen molar-refractivity contribution in [1.29, 1.82) is 0 Å². The molecule has 2 fully saturated rings. The maximum Gasteiger partial charge on any atom is 0.325 e. The third kappa shape index (κ3) is 5.91. The summed E-state index contributed by atoms with van der Waals surface area (Å²) >= 11 is 0. The minimum absolute atomic E-state index is 0.117. The smallest absolute Gasteiger partial charge is 0.325 e. The molecule has 158 valence electrons. The standard InChI is InChI=1S/C20H28N4O5/c1-28-16-4-2-15(3-5-16)14-24-19(26)17(22-20(24)27)6-7-18(25)21-8-9-23-10-12-29-13-11-23/h2-5,17H,6-14H2,1H3,(H,21,25)(H,22,27)/t17-/m1/s1. The molecule has 2 heterocycles. The van der Waals surface area contributed by atoms with Gasteiger partial charge >= 0.3 is 6.03 Å². The molecule has 2 saturated heterocycles. The number of morpholine rings is 1. The number of methoxy groups -OCH3 is 1. The highest BCUT2D eigenvalue weighted by Crippen LogP contribution is 2.17. The Morgan fingerprint density at radius 1 is 1.24 bits per heavy atom. The monoisotopic (exact) mass is 404 g/mol. The van der Waals surface area contributed by atoms with Gasteiger partial charge in [0.05, 0.1) is 26.9 Å². The van der Waals surface area contributed by atoms with Gasteiger partial charge in [-0.3, -0.25) is 19.4 Å². The number of hydrogen-bond acceptors (Lipinski definition) is 6. The first-order valence-electron chi connectivity index (χ1n) is 9.88. The van der Waals surface area contributed by atoms with Crippen LogP contribution in [0.25, 0.3) is 0 Å². The molecule has 0 aromatic heterocycles. The van der Waals surface area contributed by atoms with Gasteiger partial charge in [-0.15, -0.1) is 0 Å². The Hall–Kier alpha value is -2.65. The number of nitrogens with zero attached hydrogens (tertiary/aromatic N) is 2. The SMILES string of the molecule is COc1ccc(CN2C(=O)N[C@H](CCC(=O)NCCN3CCOCC3)C2=O)cc1. The zero-order valence-electron chi connectivity index (χ0n) is 16.7. The van der Waals surface area contributed by atoms with Gasteiger partial charge in [-0.2, -0.15) is 0 Å². The quantitative estimate of drug-likeness (QED) is 0.576. The summed E-state index contributed by atoms with van der Waals surface area (Å²) in [4.78, 5) is 40.2. The lowest BCUT2D eigenvalue weighted by Gasteiger charge is -2.26. The van der Waals surface area contributed by atoms with Crippen LogP contribution in [-0.2, 0) is 20.9 Å². The van der Waals surface area contributed by atoms with E-state index in [0.717, 1.165) is 38.4 Å². The summed E-state index contributed by atoms with van der Waals surface area (Å²) in [6.45, 7) is 4.74. The maximum absolute atomic E-state index is 12.5. The molecular weight excluding hydrogens is 376 g/mol. The number of amides is 4. The fraction of sp³-hybridized carbons (Fsp3) is 0.550. The average Bonchev–Trinajstić information content (AvgIpc) is 3.01. The number of carbonyl (C=O) groups excluding carboxylic acids is 3. The zero-order valence-corrected chi connectivity index (χ0v) is 16.7. The summed E-state index contributed by atoms with van der Waals surface area (Å²) in [5, 5.41) is 5.54. The van der Waals surface area contributed by atoms with Crippen molar-refractivity contribution in [2.45, 2.75) is 25.4 Å². The summed E-state index contributed by atoms with van der Waals surface area (Å²) < 4.78 is 10.4. The normalized spacial score (nSPS) is 19.9. The number of rotatable bonds is 9. The first kappa shape index (κ1) is 21.1. The second-order valence-electron chi connectivity index (χ2n) is 7.12. The Bertz CT molecular complexity index is 718. The van der Waals surface area contributed by atoms with E-state index < -0.39 is 12.1 Å². The molecule has 9 heteroatoms. The van der Waals surface area contributed by atoms with E-state index in [-0.39, 0.29) is 31.2 Å². The van der Waals surface area contributed by atoms with Crippen LogP contribution in [-0.4, -0.2) is 80.2 Å². The number of nitrogens with one attached hydrogen (secondary N) is 2. The van der Waals surface area contributed by atoms with Gasteiger partial charge in [0, 0.05) is 32.6 Å². The lowest BCUT2D eigenvalue weighted by molar-refractivity contribution is -0.128. The second-order valence-corrected chi connectivity index (χ2v) is 7.12. The summed E-state index contributed by atoms with van der Waals surface area (Å²) in [7, 11) is 1.58. The molecule has 3 rings (SSSR count). The van der Waals surface area contributed by atoms with Crippen LogP contribution < -0.4 is 15.4 Å². The zero-order chi connectivity index (χ0) is 20.6. The summed E-state index contributed by atoms with van der Waals surface area (Å²) in [6.07, 6.45) is 0.475. The Labute approximate surface area is 170 Å². The summed E-state index contributed by atoms with van der Waals surface area (Å²) in [5.74, 6) is 0.296. The molecule has 0 aliphatic carbocycles. The molecule has 2 N–H and O–H groups in total. The van der Waals surface area contributed by atoms with Crippen molar-refractivity contribution in [2.24, 2.45) is 0 Å². The molecule has 0 saturated carbocycles. The van der Waals surface area contributed by atoms with Crippen molar-refractivity contribution in [1.82, 2.24) is 20.4 Å². The predicted molar refractivity (Wildman–Crippen MR) is 105 cm³/mol. The predicted octanol–water partition coefficient (Wildman–Crippen LogP) is 0.344. The van der Waals surface area contributed by atoms with Crippen molar-refractivity contribution in [3.8, 4) is 5.75 Å². The van der Waals surface area contributed by atoms with E-state index in [1.807, 2.05) is 12.1 Å². The number of ether oxygens (including phenoxy) is 2. The molecule has 0 unspecified atom stereocenters. The van der Waals surface area contributed by atoms with Crippen LogP contribution in [0, 0.1) is 0 Å². The van der Waals surface area contributed by atoms with Crippen LogP contribution in [0.4, 0.5) is 4.79 Å². The largest absolute Gasteiger partial charge is 0.497 e. The molecule has 2 aliphatic heterocycles. The van der Waals surface area contributed by atoms with Gasteiger partial charge < -0.3 is 20.1 Å². The number of hydrogen-bond donors (Lipinski definition) is 2. The fourth-order valence-corrected chi connectivity index (χ4v) is 3.38. The van der Waals surface area contributed by atoms with E-state index in [9.17, 15) is 14.4 Å². The van der Waals surface area contributed by atoms with Crippen LogP contribution in [0.2, 0.25) is 0 Å². The molecule has 1 aromatic rings. The minimum Gasteiger partial charge on any atom is -0.497 e. The van der Waals surface area contributed by atoms with E-state index in [1.165, 1.54) is 4.90 Å². The molecule has 1 atom stereocenters. The van der Waals surface area contributed by atoms with Gasteiger partial charge in [-0.05, 0) is 24.1 Å². The second kappa shape index (κ2) is 10.2. The van der Waals surface area contributed by atoms with Gasteiger partial charge in [-0.25, -0.2) is 4.79 Å². The Morgan fingerprint density at radius 3 is 2.66 bits per heavy atom. The Balaban J connectivity index is 1.40. The van der Waals surface area contributed by atoms with E-state index >= 15 is 0 Å². The van der Waals surface area contributed by atoms with E-state index in [4.69, 9.17) is 9.47 Å². The molecule has 2 aliphatic rings. The molecule has 9 nitrogen and oxygen atoms in total. The van der Waals surface area contributed by atoms with Crippen molar-refractivity contribution >= 4 is 17.8 Å². The maximum atomic E-state index is 12.5. The van der Waals surface area contributed by atoms with E-state index in [0.29, 0.717) is 12.3 Å². The molecule has 29 heavy (non-hydrogen) atoms. The lowest BCUT2D eigenvalue weighted by Crippen LogP contribution is -2.41. The number of imide groups is 1. The average molecular weight is 404 g/mol. The van der Waals surface area contributed by atoms with Gasteiger partial charge in [0.25, 0.3) is 5.91 Å². The van der Waals surface area contributed by atoms with Crippen molar-refractivity contribution in [2.75, 3.05) is 46.5 Å². The van der Waals surface area contributed by atoms with Crippen molar-refractivity contribution in [3.05, 3.63) is 29.8 Å². The minimum atomic E-state index is -0.661. The number of urea groups is 1. The topological polar surface area (TPSA) is 100 Å². The van der Waals surface area contributed by atoms with Gasteiger partial charge in [0.1, 0.15) is 11.8 Å². The Kier molecular flexibility index (Phi) is 7.42. The van der Waals surface area contributed by atoms with Crippen LogP contribution >= 0.6 is 0 Å². The summed E-state index contributed by atoms with van der Waals surface area (Å²) in [6, 6.07) is 6.11. The van der Waals surface area contributed by atoms with Gasteiger partial charge in [-0.1, -0.05) is 12.1 Å². The first-order valence-corrected chi connectivity index (χ1v) is 9.88. The Morgan fingerprint density at radius 2 is 1.97 bits per heavy atom. The van der Waals surface area contributed by atoms with Crippen LogP contribution in [0.3, 0.4) is 0 Å². The molecule has 0 bridgehead atoms. The molecule has 1 aromatic carbocycles. The molecular formula is C20H28N4O5. The van der Waals surface area contributed by atoms with Gasteiger partial charge in [0.2, 0.25) is 5.91 Å². The van der Waals surface area contributed by atoms with Crippen molar-refractivity contribution < 1.29 is 23.9 Å². The van der Waals surface area contributed by atoms with Crippen LogP contribution in [0.15, 0.2) is 24.3 Å². The van der Waals surface area contributed by atoms with Crippen LogP contribution in [0.5, 0.6) is 5.75 Å². The first-order chi connectivity index (χ1) is 14.1. The number of carbonyl (C=O) groups is 3. The molecule has 4 amide bonds. The van der Waals surface area contributed by atoms with E-state index in [2.05, 4.69) is 15.5 Å². The summed E-state index contributed by atoms with van der Waals surface area (Å²) in [5.41, 5.74) is 0.829. The molecule has 0 spiro atoms. The fourth-order valence-electron chi connectivity index (χ4n) is 3.38. The van der Waals surface area contributed by atoms with Crippen LogP contribution in [0.1, 0.15) is 18.4 Å². The third-order valence-electron chi connectivity index (χ3n) is 5.12. The van der Waals surface area contributed by atoms with E-state index in [1.54, 1.807) is 19.2 Å². The number of benzene rings is 1. The highest BCUT2D eigenvalue weighted by Gasteiger charge is 2.37. The van der Waals surface area contributed by atoms with Crippen molar-refractivity contribution in [3.63, 3.8) is 0 Å². The lowest BCUT2D eigenvalue weighted by atomic mass is 10.1. The highest BCUT2D eigenvalue weighted by atomic mass is 16.5. The third-order valence-corrected chi connectivity index (χ3v) is 5.12. The van der Waals surface area contributed by atoms with Gasteiger partial charge in [0.15, 0.2) is 0 Å². The molecule has 0 radical (unpaired) electrons. The highest BCUT2D eigenvalue weighted by molar-refractivity contribution is 6.04.